The van der Waals surface area contributed by atoms with Crippen LogP contribution in [0.1, 0.15) is 39.5 Å². The van der Waals surface area contributed by atoms with Crippen LogP contribution < -0.4 is 0 Å². The van der Waals surface area contributed by atoms with Gasteiger partial charge in [-0.3, -0.25) is 0 Å². The second-order valence-electron chi connectivity index (χ2n) is 6.83. The number of carbonyl (C=O) groups is 1. The number of rotatable bonds is 6. The molecule has 2 aromatic carbocycles. The van der Waals surface area contributed by atoms with Crippen LogP contribution in [0.5, 0.6) is 0 Å². The number of halogens is 7. The molecule has 2 rings (SSSR count). The second-order valence-corrected chi connectivity index (χ2v) is 6.83. The molecule has 2 aromatic rings. The molecule has 4 nitrogen and oxygen atoms in total. The van der Waals surface area contributed by atoms with E-state index in [1.807, 2.05) is 0 Å². The van der Waals surface area contributed by atoms with Gasteiger partial charge in [-0.15, -0.1) is 0 Å². The molecule has 0 saturated carbocycles. The smallest absolute Gasteiger partial charge is 0.418 e. The molecule has 0 bridgehead atoms. The third kappa shape index (κ3) is 5.98. The summed E-state index contributed by atoms with van der Waals surface area (Å²) in [7, 11) is 1.62. The summed E-state index contributed by atoms with van der Waals surface area (Å²) in [6, 6.07) is 3.75. The third-order valence-electron chi connectivity index (χ3n) is 4.58. The van der Waals surface area contributed by atoms with Crippen molar-refractivity contribution in [3.8, 4) is 0 Å². The first-order chi connectivity index (χ1) is 14.8. The zero-order valence-electron chi connectivity index (χ0n) is 17.2. The van der Waals surface area contributed by atoms with E-state index >= 15 is 0 Å². The SMILES string of the molecule is CCN(C)C=Nc1ccc(C(=O)OCc2ccc(C(F)(F)F)cc2F)c(C)c1C(F)(F)F. The minimum absolute atomic E-state index is 0.246. The molecule has 0 aromatic heterocycles. The Morgan fingerprint density at radius 2 is 1.75 bits per heavy atom. The Morgan fingerprint density at radius 1 is 1.09 bits per heavy atom. The van der Waals surface area contributed by atoms with Crippen LogP contribution in [0.25, 0.3) is 0 Å². The van der Waals surface area contributed by atoms with Crippen molar-refractivity contribution in [3.63, 3.8) is 0 Å². The molecule has 0 radical (unpaired) electrons. The predicted molar refractivity (Wildman–Crippen MR) is 103 cm³/mol. The van der Waals surface area contributed by atoms with Gasteiger partial charge in [0.15, 0.2) is 0 Å². The average Bonchev–Trinajstić information content (AvgIpc) is 2.69. The highest BCUT2D eigenvalue weighted by molar-refractivity contribution is 5.92. The van der Waals surface area contributed by atoms with E-state index in [1.165, 1.54) is 6.34 Å². The van der Waals surface area contributed by atoms with Crippen molar-refractivity contribution in [2.24, 2.45) is 4.99 Å². The van der Waals surface area contributed by atoms with E-state index in [0.29, 0.717) is 12.6 Å². The van der Waals surface area contributed by atoms with Crippen LogP contribution in [0.2, 0.25) is 0 Å². The summed E-state index contributed by atoms with van der Waals surface area (Å²) in [5.41, 5.74) is -3.98. The molecule has 0 aliphatic rings. The van der Waals surface area contributed by atoms with Gasteiger partial charge in [-0.05, 0) is 43.7 Å². The van der Waals surface area contributed by atoms with Crippen molar-refractivity contribution < 1.29 is 40.3 Å². The fourth-order valence-corrected chi connectivity index (χ4v) is 2.69. The Hall–Kier alpha value is -3.11. The zero-order valence-corrected chi connectivity index (χ0v) is 17.2. The highest BCUT2D eigenvalue weighted by Crippen LogP contribution is 2.40. The van der Waals surface area contributed by atoms with Crippen LogP contribution in [-0.2, 0) is 23.7 Å². The lowest BCUT2D eigenvalue weighted by Crippen LogP contribution is -2.16. The number of carbonyl (C=O) groups excluding carboxylic acids is 1. The molecule has 0 heterocycles. The number of hydrogen-bond donors (Lipinski definition) is 0. The summed E-state index contributed by atoms with van der Waals surface area (Å²) in [6.07, 6.45) is -8.36. The van der Waals surface area contributed by atoms with Gasteiger partial charge in [-0.25, -0.2) is 14.2 Å². The molecule has 0 amide bonds. The number of aliphatic imine (C=N–C) groups is 1. The van der Waals surface area contributed by atoms with E-state index < -0.39 is 58.7 Å². The molecular formula is C21H19F7N2O2. The highest BCUT2D eigenvalue weighted by atomic mass is 19.4. The highest BCUT2D eigenvalue weighted by Gasteiger charge is 2.37. The van der Waals surface area contributed by atoms with E-state index in [0.717, 1.165) is 25.1 Å². The summed E-state index contributed by atoms with van der Waals surface area (Å²) in [5, 5.41) is 0. The van der Waals surface area contributed by atoms with Gasteiger partial charge in [-0.1, -0.05) is 6.07 Å². The summed E-state index contributed by atoms with van der Waals surface area (Å²) in [4.78, 5) is 17.7. The average molecular weight is 464 g/mol. The van der Waals surface area contributed by atoms with Crippen LogP contribution in [0.15, 0.2) is 35.3 Å². The fraction of sp³-hybridized carbons (Fsp3) is 0.333. The molecule has 0 atom stereocenters. The summed E-state index contributed by atoms with van der Waals surface area (Å²) < 4.78 is 97.4. The molecule has 0 aliphatic heterocycles. The van der Waals surface area contributed by atoms with Crippen LogP contribution in [-0.4, -0.2) is 30.8 Å². The molecule has 0 saturated heterocycles. The lowest BCUT2D eigenvalue weighted by Gasteiger charge is -2.17. The largest absolute Gasteiger partial charge is 0.457 e. The number of ether oxygens (including phenoxy) is 1. The third-order valence-corrected chi connectivity index (χ3v) is 4.58. The van der Waals surface area contributed by atoms with Gasteiger partial charge in [0.1, 0.15) is 12.4 Å². The monoisotopic (exact) mass is 464 g/mol. The van der Waals surface area contributed by atoms with E-state index in [4.69, 9.17) is 4.74 Å². The minimum atomic E-state index is -4.82. The maximum atomic E-state index is 13.9. The van der Waals surface area contributed by atoms with Crippen LogP contribution in [0.4, 0.5) is 36.4 Å². The first kappa shape index (κ1) is 25.2. The maximum absolute atomic E-state index is 13.9. The lowest BCUT2D eigenvalue weighted by molar-refractivity contribution is -0.138. The summed E-state index contributed by atoms with van der Waals surface area (Å²) >= 11 is 0. The molecule has 0 aliphatic carbocycles. The van der Waals surface area contributed by atoms with Gasteiger partial charge < -0.3 is 9.64 Å². The molecule has 0 N–H and O–H groups in total. The Morgan fingerprint density at radius 3 is 2.28 bits per heavy atom. The van der Waals surface area contributed by atoms with Crippen molar-refractivity contribution in [1.82, 2.24) is 4.90 Å². The number of esters is 1. The molecule has 11 heteroatoms. The zero-order chi connectivity index (χ0) is 24.3. The Balaban J connectivity index is 2.30. The number of alkyl halides is 6. The van der Waals surface area contributed by atoms with Gasteiger partial charge in [0, 0.05) is 19.2 Å². The van der Waals surface area contributed by atoms with E-state index in [1.54, 1.807) is 18.9 Å². The maximum Gasteiger partial charge on any atom is 0.418 e. The normalized spacial score (nSPS) is 12.3. The van der Waals surface area contributed by atoms with Gasteiger partial charge >= 0.3 is 18.3 Å². The summed E-state index contributed by atoms with van der Waals surface area (Å²) in [6.45, 7) is 2.60. The quantitative estimate of drug-likeness (QED) is 0.223. The number of benzene rings is 2. The molecule has 0 unspecified atom stereocenters. The lowest BCUT2D eigenvalue weighted by atomic mass is 10.00. The van der Waals surface area contributed by atoms with Crippen molar-refractivity contribution in [3.05, 3.63) is 64.0 Å². The van der Waals surface area contributed by atoms with Gasteiger partial charge in [-0.2, -0.15) is 26.3 Å². The van der Waals surface area contributed by atoms with E-state index in [9.17, 15) is 35.5 Å². The van der Waals surface area contributed by atoms with Crippen LogP contribution in [0, 0.1) is 12.7 Å². The topological polar surface area (TPSA) is 41.9 Å². The standard InChI is InChI=1S/C21H19F7N2O2/c1-4-30(3)11-29-17-8-7-15(12(2)18(17)21(26,27)28)19(31)32-10-13-5-6-14(9-16(13)22)20(23,24)25/h5-9,11H,4,10H2,1-3H3. The van der Waals surface area contributed by atoms with Crippen molar-refractivity contribution >= 4 is 18.0 Å². The number of hydrogen-bond acceptors (Lipinski definition) is 3. The van der Waals surface area contributed by atoms with Gasteiger partial charge in [0.2, 0.25) is 0 Å². The fourth-order valence-electron chi connectivity index (χ4n) is 2.69. The van der Waals surface area contributed by atoms with Crippen LogP contribution >= 0.6 is 0 Å². The molecule has 174 valence electrons. The first-order valence-corrected chi connectivity index (χ1v) is 9.23. The second kappa shape index (κ2) is 9.58. The molecule has 0 spiro atoms. The minimum Gasteiger partial charge on any atom is -0.457 e. The van der Waals surface area contributed by atoms with Gasteiger partial charge in [0.25, 0.3) is 0 Å². The first-order valence-electron chi connectivity index (χ1n) is 9.23. The molecule has 32 heavy (non-hydrogen) atoms. The van der Waals surface area contributed by atoms with Crippen molar-refractivity contribution in [1.29, 1.82) is 0 Å². The molecule has 0 fully saturated rings. The Kier molecular flexibility index (Phi) is 7.53. The van der Waals surface area contributed by atoms with Crippen LogP contribution in [0.3, 0.4) is 0 Å². The Labute approximate surface area is 179 Å². The van der Waals surface area contributed by atoms with E-state index in [2.05, 4.69) is 4.99 Å². The summed E-state index contributed by atoms with van der Waals surface area (Å²) in [5.74, 6) is -2.45. The Bertz CT molecular complexity index is 1010. The van der Waals surface area contributed by atoms with Crippen molar-refractivity contribution in [2.45, 2.75) is 32.8 Å². The number of nitrogens with zero attached hydrogens (tertiary/aromatic N) is 2. The van der Waals surface area contributed by atoms with E-state index in [-0.39, 0.29) is 11.6 Å². The molecular weight excluding hydrogens is 445 g/mol. The van der Waals surface area contributed by atoms with Gasteiger partial charge in [0.05, 0.1) is 28.7 Å². The predicted octanol–water partition coefficient (Wildman–Crippen LogP) is 6.14. The van der Waals surface area contributed by atoms with Crippen molar-refractivity contribution in [2.75, 3.05) is 13.6 Å².